The van der Waals surface area contributed by atoms with Gasteiger partial charge in [0, 0.05) is 6.04 Å². The first-order valence-corrected chi connectivity index (χ1v) is 18.7. The maximum absolute atomic E-state index is 12.8. The van der Waals surface area contributed by atoms with Gasteiger partial charge in [-0.15, -0.1) is 0 Å². The Kier molecular flexibility index (Phi) is 9.62. The molecule has 8 heteroatoms. The van der Waals surface area contributed by atoms with Gasteiger partial charge in [0.2, 0.25) is 10.0 Å². The second-order valence-electron chi connectivity index (χ2n) is 15.7. The fourth-order valence-corrected chi connectivity index (χ4v) is 13.2. The topological polar surface area (TPSA) is 119 Å². The molecule has 5 saturated carbocycles. The molecule has 0 amide bonds. The molecule has 7 nitrogen and oxygen atoms in total. The highest BCUT2D eigenvalue weighted by Gasteiger charge is 2.64. The molecular formula is C33H60N2O5S. The number of sulfonamides is 1. The predicted molar refractivity (Wildman–Crippen MR) is 163 cm³/mol. The lowest BCUT2D eigenvalue weighted by atomic mass is 9.41. The van der Waals surface area contributed by atoms with Crippen molar-refractivity contribution < 1.29 is 23.7 Å². The summed E-state index contributed by atoms with van der Waals surface area (Å²) in [6.45, 7) is 11.6. The summed E-state index contributed by atoms with van der Waals surface area (Å²) in [6.07, 6.45) is 12.0. The minimum absolute atomic E-state index is 0.0221. The second-order valence-corrected chi connectivity index (χ2v) is 17.7. The smallest absolute Gasteiger partial charge is 0.217 e. The SMILES string of the molecule is CC[C@H]1[C@@H](O)[C@@H]2[C@H](CC[C@]3(C)[C@@H]([C@H](C)C[C@H](C)NC(O)NS(=O)(=O)C4CCCCC4)CC[C@@H]23)[C@@]2(C)CC[C@@H](O)C[C@@H]12. The standard InChI is InChI=1S/C33H60N2O5S/c1-6-24-28-19-22(36)14-16-33(28,5)27-15-17-32(4)25(12-13-26(32)29(27)30(24)37)20(2)18-21(3)34-31(38)35-41(39,40)23-10-8-7-9-11-23/h20-31,34-38H,6-19H2,1-5H3/t20-,21+,22-,24-,25-,26+,27+,28+,29+,30-,31?,32-,33-/m1/s1. The quantitative estimate of drug-likeness (QED) is 0.235. The molecule has 0 radical (unpaired) electrons. The van der Waals surface area contributed by atoms with Crippen LogP contribution in [0.15, 0.2) is 0 Å². The minimum atomic E-state index is -3.54. The Morgan fingerprint density at radius 3 is 2.22 bits per heavy atom. The van der Waals surface area contributed by atoms with Gasteiger partial charge in [0.1, 0.15) is 0 Å². The minimum Gasteiger partial charge on any atom is -0.393 e. The monoisotopic (exact) mass is 596 g/mol. The average molecular weight is 597 g/mol. The van der Waals surface area contributed by atoms with Crippen LogP contribution in [-0.2, 0) is 10.0 Å². The van der Waals surface area contributed by atoms with Crippen molar-refractivity contribution in [1.82, 2.24) is 10.0 Å². The molecule has 1 unspecified atom stereocenters. The van der Waals surface area contributed by atoms with Gasteiger partial charge >= 0.3 is 0 Å². The van der Waals surface area contributed by atoms with Crippen molar-refractivity contribution in [2.45, 2.75) is 154 Å². The Morgan fingerprint density at radius 1 is 0.878 bits per heavy atom. The van der Waals surface area contributed by atoms with Crippen LogP contribution in [0.3, 0.4) is 0 Å². The highest BCUT2D eigenvalue weighted by atomic mass is 32.2. The third kappa shape index (κ3) is 5.93. The summed E-state index contributed by atoms with van der Waals surface area (Å²) in [6, 6.07) is -0.0221. The Labute approximate surface area is 250 Å². The summed E-state index contributed by atoms with van der Waals surface area (Å²) < 4.78 is 28.1. The number of aliphatic hydroxyl groups excluding tert-OH is 3. The molecule has 13 atom stereocenters. The van der Waals surface area contributed by atoms with E-state index in [-0.39, 0.29) is 35.0 Å². The summed E-state index contributed by atoms with van der Waals surface area (Å²) in [5.41, 5.74) is 0.409. The van der Waals surface area contributed by atoms with Crippen LogP contribution in [0, 0.1) is 52.3 Å². The van der Waals surface area contributed by atoms with E-state index in [1.165, 1.54) is 25.7 Å². The molecule has 5 rings (SSSR count). The molecule has 5 fully saturated rings. The van der Waals surface area contributed by atoms with Gasteiger partial charge in [-0.3, -0.25) is 5.32 Å². The van der Waals surface area contributed by atoms with Crippen LogP contribution in [-0.4, -0.2) is 53.6 Å². The van der Waals surface area contributed by atoms with Crippen molar-refractivity contribution in [3.8, 4) is 0 Å². The number of hydrogen-bond donors (Lipinski definition) is 5. The third-order valence-electron chi connectivity index (χ3n) is 13.6. The van der Waals surface area contributed by atoms with E-state index in [0.717, 1.165) is 51.4 Å². The van der Waals surface area contributed by atoms with E-state index in [4.69, 9.17) is 0 Å². The largest absolute Gasteiger partial charge is 0.393 e. The normalized spacial score (nSPS) is 45.8. The summed E-state index contributed by atoms with van der Waals surface area (Å²) in [5, 5.41) is 35.8. The van der Waals surface area contributed by atoms with Gasteiger partial charge < -0.3 is 15.3 Å². The van der Waals surface area contributed by atoms with E-state index in [9.17, 15) is 23.7 Å². The average Bonchev–Trinajstić information content (AvgIpc) is 3.27. The van der Waals surface area contributed by atoms with E-state index in [0.29, 0.717) is 48.3 Å². The van der Waals surface area contributed by atoms with E-state index >= 15 is 0 Å². The number of rotatable bonds is 9. The number of hydrogen-bond acceptors (Lipinski definition) is 6. The molecule has 238 valence electrons. The molecule has 0 aromatic rings. The summed E-state index contributed by atoms with van der Waals surface area (Å²) in [7, 11) is -3.54. The first-order chi connectivity index (χ1) is 19.3. The molecule has 0 heterocycles. The molecule has 5 aliphatic rings. The highest BCUT2D eigenvalue weighted by molar-refractivity contribution is 7.90. The third-order valence-corrected chi connectivity index (χ3v) is 15.5. The molecule has 0 bridgehead atoms. The first kappa shape index (κ1) is 32.2. The van der Waals surface area contributed by atoms with Crippen molar-refractivity contribution in [3.63, 3.8) is 0 Å². The van der Waals surface area contributed by atoms with Crippen LogP contribution < -0.4 is 10.0 Å². The van der Waals surface area contributed by atoms with Gasteiger partial charge in [0.15, 0.2) is 6.35 Å². The molecular weight excluding hydrogens is 536 g/mol. The lowest BCUT2D eigenvalue weighted by Gasteiger charge is -2.64. The van der Waals surface area contributed by atoms with Crippen LogP contribution in [0.4, 0.5) is 0 Å². The molecule has 41 heavy (non-hydrogen) atoms. The van der Waals surface area contributed by atoms with Crippen molar-refractivity contribution in [3.05, 3.63) is 0 Å². The van der Waals surface area contributed by atoms with Crippen molar-refractivity contribution in [2.24, 2.45) is 52.3 Å². The first-order valence-electron chi connectivity index (χ1n) is 17.1. The van der Waals surface area contributed by atoms with Gasteiger partial charge in [0.05, 0.1) is 17.5 Å². The number of aliphatic hydroxyl groups is 3. The van der Waals surface area contributed by atoms with Crippen LogP contribution in [0.25, 0.3) is 0 Å². The second kappa shape index (κ2) is 12.3. The van der Waals surface area contributed by atoms with Crippen LogP contribution >= 0.6 is 0 Å². The summed E-state index contributed by atoms with van der Waals surface area (Å²) in [5.74, 6) is 3.09. The van der Waals surface area contributed by atoms with E-state index < -0.39 is 21.6 Å². The zero-order valence-corrected chi connectivity index (χ0v) is 27.2. The van der Waals surface area contributed by atoms with E-state index in [1.54, 1.807) is 0 Å². The Hall–Kier alpha value is -0.250. The Morgan fingerprint density at radius 2 is 1.54 bits per heavy atom. The van der Waals surface area contributed by atoms with Gasteiger partial charge in [-0.25, -0.2) is 8.42 Å². The van der Waals surface area contributed by atoms with Crippen molar-refractivity contribution >= 4 is 10.0 Å². The lowest BCUT2D eigenvalue weighted by Crippen LogP contribution is -2.62. The fraction of sp³-hybridized carbons (Fsp3) is 1.00. The van der Waals surface area contributed by atoms with Gasteiger partial charge in [-0.1, -0.05) is 53.4 Å². The van der Waals surface area contributed by atoms with Crippen LogP contribution in [0.5, 0.6) is 0 Å². The van der Waals surface area contributed by atoms with Crippen molar-refractivity contribution in [2.75, 3.05) is 0 Å². The van der Waals surface area contributed by atoms with E-state index in [1.807, 2.05) is 0 Å². The van der Waals surface area contributed by atoms with Gasteiger partial charge in [-0.2, -0.15) is 4.72 Å². The van der Waals surface area contributed by atoms with E-state index in [2.05, 4.69) is 44.7 Å². The fourth-order valence-electron chi connectivity index (χ4n) is 11.7. The van der Waals surface area contributed by atoms with Crippen molar-refractivity contribution in [1.29, 1.82) is 0 Å². The summed E-state index contributed by atoms with van der Waals surface area (Å²) in [4.78, 5) is 0. The molecule has 0 saturated heterocycles. The van der Waals surface area contributed by atoms with Crippen LogP contribution in [0.1, 0.15) is 125 Å². The maximum Gasteiger partial charge on any atom is 0.217 e. The summed E-state index contributed by atoms with van der Waals surface area (Å²) >= 11 is 0. The van der Waals surface area contributed by atoms with Gasteiger partial charge in [0.25, 0.3) is 0 Å². The molecule has 0 aliphatic heterocycles. The predicted octanol–water partition coefficient (Wildman–Crippen LogP) is 5.15. The Bertz CT molecular complexity index is 1000. The lowest BCUT2D eigenvalue weighted by molar-refractivity contribution is -0.203. The molecule has 5 N–H and O–H groups in total. The molecule has 5 aliphatic carbocycles. The zero-order valence-electron chi connectivity index (χ0n) is 26.4. The number of fused-ring (bicyclic) bond motifs is 5. The molecule has 0 aromatic carbocycles. The van der Waals surface area contributed by atoms with Gasteiger partial charge in [-0.05, 0) is 123 Å². The Balaban J connectivity index is 1.23. The van der Waals surface area contributed by atoms with Crippen LogP contribution in [0.2, 0.25) is 0 Å². The molecule has 0 aromatic heterocycles. The molecule has 0 spiro atoms. The zero-order chi connectivity index (χ0) is 29.7. The maximum atomic E-state index is 12.8. The highest BCUT2D eigenvalue weighted by Crippen LogP contribution is 2.69. The number of nitrogens with one attached hydrogen (secondary N) is 2.